The Labute approximate surface area is 211 Å². The largest absolute Gasteiger partial charge is 0.493 e. The molecule has 2 aliphatic rings. The molecule has 0 N–H and O–H groups in total. The number of carbonyl (C=O) groups excluding carboxylic acids is 2. The van der Waals surface area contributed by atoms with Gasteiger partial charge < -0.3 is 23.7 Å². The molecular weight excluding hydrogens is 462 g/mol. The predicted molar refractivity (Wildman–Crippen MR) is 134 cm³/mol. The number of fused-ring (bicyclic) bond motifs is 2. The zero-order valence-electron chi connectivity index (χ0n) is 21.1. The number of piperidine rings is 1. The Kier molecular flexibility index (Phi) is 8.15. The molecule has 0 radical (unpaired) electrons. The molecule has 4 atom stereocenters. The van der Waals surface area contributed by atoms with E-state index in [-0.39, 0.29) is 36.7 Å². The highest BCUT2D eigenvalue weighted by Crippen LogP contribution is 2.39. The third-order valence-corrected chi connectivity index (χ3v) is 6.93. The van der Waals surface area contributed by atoms with Crippen LogP contribution in [0.3, 0.4) is 0 Å². The first-order valence-electron chi connectivity index (χ1n) is 12.1. The molecular formula is C28H33NO7. The van der Waals surface area contributed by atoms with Crippen molar-refractivity contribution in [3.63, 3.8) is 0 Å². The number of hydrogen-bond acceptors (Lipinski definition) is 8. The summed E-state index contributed by atoms with van der Waals surface area (Å²) in [5, 5.41) is 0. The molecule has 0 aromatic heterocycles. The van der Waals surface area contributed by atoms with Gasteiger partial charge in [-0.3, -0.25) is 9.69 Å². The molecule has 2 heterocycles. The average molecular weight is 496 g/mol. The topological polar surface area (TPSA) is 83.5 Å². The number of hydrogen-bond donors (Lipinski definition) is 0. The minimum Gasteiger partial charge on any atom is -0.493 e. The van der Waals surface area contributed by atoms with E-state index >= 15 is 0 Å². The average Bonchev–Trinajstić information content (AvgIpc) is 3.04. The van der Waals surface area contributed by atoms with Gasteiger partial charge >= 0.3 is 11.9 Å². The SMILES string of the molecule is COc1cc(C=CC(=O)O[C@H]2C[C@@H]3C[C@H](OC(=O)Cc4ccccc4)C[C@H]2N3C)cc(OC)c1OC. The summed E-state index contributed by atoms with van der Waals surface area (Å²) in [5.74, 6) is 0.845. The van der Waals surface area contributed by atoms with Crippen molar-refractivity contribution >= 4 is 18.0 Å². The molecule has 8 heteroatoms. The van der Waals surface area contributed by atoms with E-state index in [1.54, 1.807) is 32.4 Å². The molecule has 2 aliphatic heterocycles. The van der Waals surface area contributed by atoms with Crippen molar-refractivity contribution in [2.75, 3.05) is 28.4 Å². The monoisotopic (exact) mass is 495 g/mol. The van der Waals surface area contributed by atoms with Gasteiger partial charge in [0.05, 0.1) is 33.8 Å². The van der Waals surface area contributed by atoms with Gasteiger partial charge in [0.15, 0.2) is 11.5 Å². The summed E-state index contributed by atoms with van der Waals surface area (Å²) < 4.78 is 27.7. The Morgan fingerprint density at radius 3 is 2.28 bits per heavy atom. The lowest BCUT2D eigenvalue weighted by Crippen LogP contribution is -2.46. The van der Waals surface area contributed by atoms with Crippen LogP contribution in [0, 0.1) is 0 Å². The van der Waals surface area contributed by atoms with Crippen LogP contribution in [0.2, 0.25) is 0 Å². The molecule has 2 fully saturated rings. The van der Waals surface area contributed by atoms with Crippen LogP contribution in [-0.2, 0) is 25.5 Å². The number of rotatable bonds is 9. The fraction of sp³-hybridized carbons (Fsp3) is 0.429. The number of nitrogens with zero attached hydrogens (tertiary/aromatic N) is 1. The third kappa shape index (κ3) is 5.82. The Hall–Kier alpha value is -3.52. The fourth-order valence-electron chi connectivity index (χ4n) is 5.14. The quantitative estimate of drug-likeness (QED) is 0.385. The molecule has 0 unspecified atom stereocenters. The lowest BCUT2D eigenvalue weighted by atomic mass is 10.00. The van der Waals surface area contributed by atoms with E-state index in [1.807, 2.05) is 37.4 Å². The van der Waals surface area contributed by atoms with E-state index in [0.29, 0.717) is 29.2 Å². The van der Waals surface area contributed by atoms with Gasteiger partial charge in [-0.2, -0.15) is 0 Å². The maximum absolute atomic E-state index is 12.7. The number of benzene rings is 2. The number of carbonyl (C=O) groups is 2. The number of likely N-dealkylation sites (N-methyl/N-ethyl adjacent to an activating group) is 1. The van der Waals surface area contributed by atoms with Crippen LogP contribution >= 0.6 is 0 Å². The Morgan fingerprint density at radius 2 is 1.64 bits per heavy atom. The summed E-state index contributed by atoms with van der Waals surface area (Å²) in [5.41, 5.74) is 1.65. The summed E-state index contributed by atoms with van der Waals surface area (Å²) in [6.45, 7) is 0. The third-order valence-electron chi connectivity index (χ3n) is 6.93. The van der Waals surface area contributed by atoms with Gasteiger partial charge in [0.1, 0.15) is 12.2 Å². The number of ether oxygens (including phenoxy) is 5. The van der Waals surface area contributed by atoms with Crippen LogP contribution in [0.15, 0.2) is 48.5 Å². The van der Waals surface area contributed by atoms with Crippen molar-refractivity contribution < 1.29 is 33.3 Å². The molecule has 8 nitrogen and oxygen atoms in total. The van der Waals surface area contributed by atoms with E-state index < -0.39 is 5.97 Å². The number of methoxy groups -OCH3 is 3. The van der Waals surface area contributed by atoms with E-state index in [2.05, 4.69) is 4.90 Å². The summed E-state index contributed by atoms with van der Waals surface area (Å²) in [6, 6.07) is 13.3. The lowest BCUT2D eigenvalue weighted by molar-refractivity contribution is -0.153. The molecule has 0 spiro atoms. The van der Waals surface area contributed by atoms with Gasteiger partial charge in [0.25, 0.3) is 0 Å². The molecule has 36 heavy (non-hydrogen) atoms. The molecule has 2 aromatic carbocycles. The smallest absolute Gasteiger partial charge is 0.331 e. The van der Waals surface area contributed by atoms with Gasteiger partial charge in [0, 0.05) is 31.4 Å². The van der Waals surface area contributed by atoms with E-state index in [4.69, 9.17) is 23.7 Å². The van der Waals surface area contributed by atoms with E-state index in [9.17, 15) is 9.59 Å². The summed E-state index contributed by atoms with van der Waals surface area (Å²) in [4.78, 5) is 27.4. The lowest BCUT2D eigenvalue weighted by Gasteiger charge is -2.36. The number of esters is 2. The highest BCUT2D eigenvalue weighted by molar-refractivity contribution is 5.87. The van der Waals surface area contributed by atoms with E-state index in [1.165, 1.54) is 13.2 Å². The first-order chi connectivity index (χ1) is 17.4. The first-order valence-corrected chi connectivity index (χ1v) is 12.1. The minimum atomic E-state index is -0.424. The standard InChI is InChI=1S/C28H33NO7/c1-29-20-15-21(35-27(31)14-18-8-6-5-7-9-18)17-22(29)23(16-20)36-26(30)11-10-19-12-24(32-2)28(34-4)25(13-19)33-3/h5-13,20-23H,14-17H2,1-4H3/t20-,21-,22+,23-/m0/s1. The van der Waals surface area contributed by atoms with Crippen LogP contribution in [0.25, 0.3) is 6.08 Å². The van der Waals surface area contributed by atoms with Gasteiger partial charge in [-0.15, -0.1) is 0 Å². The van der Waals surface area contributed by atoms with Crippen molar-refractivity contribution in [3.05, 3.63) is 59.7 Å². The molecule has 0 aliphatic carbocycles. The molecule has 4 rings (SSSR count). The Balaban J connectivity index is 1.35. The highest BCUT2D eigenvalue weighted by Gasteiger charge is 2.47. The van der Waals surface area contributed by atoms with Crippen LogP contribution in [0.1, 0.15) is 30.4 Å². The minimum absolute atomic E-state index is 0.0109. The fourth-order valence-corrected chi connectivity index (χ4v) is 5.14. The predicted octanol–water partition coefficient (Wildman–Crippen LogP) is 3.66. The normalized spacial score (nSPS) is 23.3. The van der Waals surface area contributed by atoms with Crippen molar-refractivity contribution in [1.82, 2.24) is 4.90 Å². The van der Waals surface area contributed by atoms with Crippen LogP contribution in [-0.4, -0.2) is 69.5 Å². The second kappa shape index (κ2) is 11.5. The van der Waals surface area contributed by atoms with Gasteiger partial charge in [-0.1, -0.05) is 30.3 Å². The Bertz CT molecular complexity index is 1080. The second-order valence-corrected chi connectivity index (χ2v) is 9.14. The zero-order chi connectivity index (χ0) is 25.7. The van der Waals surface area contributed by atoms with Crippen molar-refractivity contribution in [1.29, 1.82) is 0 Å². The van der Waals surface area contributed by atoms with Gasteiger partial charge in [0.2, 0.25) is 5.75 Å². The Morgan fingerprint density at radius 1 is 0.944 bits per heavy atom. The van der Waals surface area contributed by atoms with Crippen LogP contribution < -0.4 is 14.2 Å². The summed E-state index contributed by atoms with van der Waals surface area (Å²) in [6.07, 6.45) is 4.99. The van der Waals surface area contributed by atoms with E-state index in [0.717, 1.165) is 18.4 Å². The maximum atomic E-state index is 12.7. The van der Waals surface area contributed by atoms with Gasteiger partial charge in [-0.05, 0) is 36.4 Å². The van der Waals surface area contributed by atoms with Crippen molar-refractivity contribution in [2.24, 2.45) is 0 Å². The van der Waals surface area contributed by atoms with Crippen LogP contribution in [0.5, 0.6) is 17.2 Å². The van der Waals surface area contributed by atoms with Crippen molar-refractivity contribution in [2.45, 2.75) is 50.0 Å². The van der Waals surface area contributed by atoms with Crippen molar-refractivity contribution in [3.8, 4) is 17.2 Å². The zero-order valence-corrected chi connectivity index (χ0v) is 21.1. The molecule has 192 valence electrons. The van der Waals surface area contributed by atoms with Gasteiger partial charge in [-0.25, -0.2) is 4.79 Å². The highest BCUT2D eigenvalue weighted by atomic mass is 16.6. The molecule has 0 saturated carbocycles. The molecule has 2 saturated heterocycles. The molecule has 0 amide bonds. The molecule has 2 bridgehead atoms. The summed E-state index contributed by atoms with van der Waals surface area (Å²) in [7, 11) is 6.66. The maximum Gasteiger partial charge on any atom is 0.331 e. The van der Waals surface area contributed by atoms with Crippen LogP contribution in [0.4, 0.5) is 0 Å². The molecule has 2 aromatic rings. The first kappa shape index (κ1) is 25.6. The summed E-state index contributed by atoms with van der Waals surface area (Å²) >= 11 is 0. The second-order valence-electron chi connectivity index (χ2n) is 9.14.